The van der Waals surface area contributed by atoms with Crippen molar-refractivity contribution in [2.24, 2.45) is 5.92 Å². The Morgan fingerprint density at radius 1 is 1.19 bits per heavy atom. The number of carbonyl (C=O) groups excluding carboxylic acids is 2. The number of hydrogen-bond donors (Lipinski definition) is 2. The van der Waals surface area contributed by atoms with Gasteiger partial charge in [0.25, 0.3) is 11.8 Å². The van der Waals surface area contributed by atoms with Gasteiger partial charge in [0, 0.05) is 25.6 Å². The monoisotopic (exact) mass is 588 g/mol. The van der Waals surface area contributed by atoms with Crippen LogP contribution in [0.1, 0.15) is 39.6 Å². The molecule has 42 heavy (non-hydrogen) atoms. The SMILES string of the molecule is COc1ccc(CN(C)C[C@@H]2Oc3c(NC(=O)c4nc5ccccc5s4)cccc3C(=O)N([C@@H](C)CO)C[C@H]2C)cc1. The van der Waals surface area contributed by atoms with Gasteiger partial charge in [0.15, 0.2) is 10.8 Å². The maximum Gasteiger partial charge on any atom is 0.284 e. The maximum atomic E-state index is 13.8. The van der Waals surface area contributed by atoms with Gasteiger partial charge in [-0.05, 0) is 55.9 Å². The summed E-state index contributed by atoms with van der Waals surface area (Å²) in [6.45, 7) is 5.39. The van der Waals surface area contributed by atoms with Crippen molar-refractivity contribution in [1.82, 2.24) is 14.8 Å². The van der Waals surface area contributed by atoms with Gasteiger partial charge in [-0.1, -0.05) is 37.3 Å². The van der Waals surface area contributed by atoms with Gasteiger partial charge < -0.3 is 24.8 Å². The van der Waals surface area contributed by atoms with Crippen LogP contribution >= 0.6 is 11.3 Å². The van der Waals surface area contributed by atoms with E-state index in [9.17, 15) is 14.7 Å². The van der Waals surface area contributed by atoms with Crippen LogP contribution in [0.15, 0.2) is 66.7 Å². The summed E-state index contributed by atoms with van der Waals surface area (Å²) < 4.78 is 12.8. The van der Waals surface area contributed by atoms with E-state index < -0.39 is 0 Å². The van der Waals surface area contributed by atoms with Crippen LogP contribution in [-0.4, -0.2) is 77.7 Å². The van der Waals surface area contributed by atoms with Crippen LogP contribution in [0.2, 0.25) is 0 Å². The molecule has 0 fully saturated rings. The summed E-state index contributed by atoms with van der Waals surface area (Å²) in [5, 5.41) is 13.2. The number of thiazole rings is 1. The number of methoxy groups -OCH3 is 1. The van der Waals surface area contributed by atoms with Gasteiger partial charge in [0.1, 0.15) is 11.9 Å². The predicted molar refractivity (Wildman–Crippen MR) is 165 cm³/mol. The molecule has 1 aliphatic heterocycles. The predicted octanol–water partition coefficient (Wildman–Crippen LogP) is 4.91. The number of benzene rings is 3. The highest BCUT2D eigenvalue weighted by Crippen LogP contribution is 2.35. The smallest absolute Gasteiger partial charge is 0.284 e. The molecule has 10 heteroatoms. The molecule has 1 aliphatic rings. The average molecular weight is 589 g/mol. The van der Waals surface area contributed by atoms with Gasteiger partial charge in [0.2, 0.25) is 0 Å². The molecule has 2 N–H and O–H groups in total. The van der Waals surface area contributed by atoms with Gasteiger partial charge in [-0.15, -0.1) is 11.3 Å². The molecule has 0 bridgehead atoms. The third-order valence-corrected chi connectivity index (χ3v) is 8.57. The molecule has 0 unspecified atom stereocenters. The first-order chi connectivity index (χ1) is 20.3. The van der Waals surface area contributed by atoms with Crippen molar-refractivity contribution < 1.29 is 24.2 Å². The number of rotatable bonds is 9. The highest BCUT2D eigenvalue weighted by molar-refractivity contribution is 7.20. The highest BCUT2D eigenvalue weighted by atomic mass is 32.1. The fourth-order valence-corrected chi connectivity index (χ4v) is 5.98. The normalized spacial score (nSPS) is 17.8. The zero-order chi connectivity index (χ0) is 29.8. The third kappa shape index (κ3) is 6.41. The summed E-state index contributed by atoms with van der Waals surface area (Å²) in [6.07, 6.45) is -0.311. The Morgan fingerprint density at radius 3 is 2.67 bits per heavy atom. The number of hydrogen-bond acceptors (Lipinski definition) is 8. The van der Waals surface area contributed by atoms with Gasteiger partial charge in [-0.2, -0.15) is 0 Å². The first-order valence-corrected chi connectivity index (χ1v) is 14.8. The molecule has 2 amide bonds. The van der Waals surface area contributed by atoms with E-state index in [0.717, 1.165) is 21.5 Å². The van der Waals surface area contributed by atoms with E-state index in [1.807, 2.05) is 69.4 Å². The number of likely N-dealkylation sites (N-methyl/N-ethyl adjacent to an activating group) is 1. The number of anilines is 1. The van der Waals surface area contributed by atoms with Crippen LogP contribution in [0.4, 0.5) is 5.69 Å². The molecule has 5 rings (SSSR count). The molecule has 2 heterocycles. The van der Waals surface area contributed by atoms with E-state index in [0.29, 0.717) is 41.6 Å². The van der Waals surface area contributed by atoms with Crippen molar-refractivity contribution in [1.29, 1.82) is 0 Å². The lowest BCUT2D eigenvalue weighted by atomic mass is 9.98. The Hall–Kier alpha value is -3.99. The molecule has 0 aliphatic carbocycles. The number of ether oxygens (including phenoxy) is 2. The molecule has 4 aromatic rings. The minimum atomic E-state index is -0.385. The molecule has 0 saturated heterocycles. The van der Waals surface area contributed by atoms with E-state index in [1.54, 1.807) is 30.2 Å². The largest absolute Gasteiger partial charge is 0.497 e. The van der Waals surface area contributed by atoms with Gasteiger partial charge >= 0.3 is 0 Å². The van der Waals surface area contributed by atoms with Crippen molar-refractivity contribution in [2.45, 2.75) is 32.5 Å². The molecule has 0 radical (unpaired) electrons. The molecule has 3 aromatic carbocycles. The van der Waals surface area contributed by atoms with Crippen molar-refractivity contribution in [3.05, 3.63) is 82.9 Å². The second kappa shape index (κ2) is 12.9. The molecular formula is C32H36N4O5S. The molecule has 9 nitrogen and oxygen atoms in total. The van der Waals surface area contributed by atoms with E-state index in [-0.39, 0.29) is 36.5 Å². The van der Waals surface area contributed by atoms with Crippen molar-refractivity contribution in [2.75, 3.05) is 39.2 Å². The maximum absolute atomic E-state index is 13.8. The number of nitrogens with zero attached hydrogens (tertiary/aromatic N) is 3. The first-order valence-electron chi connectivity index (χ1n) is 14.0. The molecule has 1 aromatic heterocycles. The molecule has 0 saturated carbocycles. The lowest BCUT2D eigenvalue weighted by Crippen LogP contribution is -2.49. The fourth-order valence-electron chi connectivity index (χ4n) is 5.12. The highest BCUT2D eigenvalue weighted by Gasteiger charge is 2.34. The van der Waals surface area contributed by atoms with E-state index >= 15 is 0 Å². The Balaban J connectivity index is 1.45. The van der Waals surface area contributed by atoms with Crippen LogP contribution < -0.4 is 14.8 Å². The molecule has 220 valence electrons. The van der Waals surface area contributed by atoms with Crippen LogP contribution in [0, 0.1) is 5.92 Å². The number of aliphatic hydroxyl groups excluding tert-OH is 1. The number of para-hydroxylation sites is 2. The topological polar surface area (TPSA) is 104 Å². The summed E-state index contributed by atoms with van der Waals surface area (Å²) in [5.74, 6) is 0.436. The molecule has 3 atom stereocenters. The second-order valence-corrected chi connectivity index (χ2v) is 11.8. The minimum absolute atomic E-state index is 0.0672. The van der Waals surface area contributed by atoms with E-state index in [2.05, 4.69) is 15.2 Å². The number of fused-ring (bicyclic) bond motifs is 2. The van der Waals surface area contributed by atoms with Gasteiger partial charge in [0.05, 0.1) is 41.2 Å². The Kier molecular flexibility index (Phi) is 9.06. The summed E-state index contributed by atoms with van der Waals surface area (Å²) in [7, 11) is 3.67. The van der Waals surface area contributed by atoms with Crippen LogP contribution in [0.25, 0.3) is 10.2 Å². The van der Waals surface area contributed by atoms with Crippen LogP contribution in [0.5, 0.6) is 11.5 Å². The zero-order valence-corrected chi connectivity index (χ0v) is 25.1. The third-order valence-electron chi connectivity index (χ3n) is 7.53. The van der Waals surface area contributed by atoms with E-state index in [4.69, 9.17) is 9.47 Å². The van der Waals surface area contributed by atoms with Crippen LogP contribution in [-0.2, 0) is 6.54 Å². The van der Waals surface area contributed by atoms with Crippen LogP contribution in [0.3, 0.4) is 0 Å². The Morgan fingerprint density at radius 2 is 1.95 bits per heavy atom. The van der Waals surface area contributed by atoms with Crippen molar-refractivity contribution in [3.8, 4) is 11.5 Å². The summed E-state index contributed by atoms with van der Waals surface area (Å²) >= 11 is 1.31. The average Bonchev–Trinajstić information content (AvgIpc) is 3.44. The standard InChI is InChI=1S/C32H36N4O5S/c1-20-16-36(21(2)19-37)32(39)24-8-7-10-26(33-30(38)31-34-25-9-5-6-11-28(25)42-31)29(24)41-27(20)18-35(3)17-22-12-14-23(40-4)15-13-22/h5-15,20-21,27,37H,16-19H2,1-4H3,(H,33,38)/t20-,21+,27+/m1/s1. The number of nitrogens with one attached hydrogen (secondary N) is 1. The van der Waals surface area contributed by atoms with Gasteiger partial charge in [-0.3, -0.25) is 14.5 Å². The number of amides is 2. The second-order valence-electron chi connectivity index (χ2n) is 10.8. The van der Waals surface area contributed by atoms with Crippen molar-refractivity contribution >= 4 is 39.1 Å². The zero-order valence-electron chi connectivity index (χ0n) is 24.2. The quantitative estimate of drug-likeness (QED) is 0.286. The Labute approximate surface area is 249 Å². The summed E-state index contributed by atoms with van der Waals surface area (Å²) in [6, 6.07) is 20.3. The molecule has 0 spiro atoms. The lowest BCUT2D eigenvalue weighted by Gasteiger charge is -2.38. The van der Waals surface area contributed by atoms with Gasteiger partial charge in [-0.25, -0.2) is 4.98 Å². The fraction of sp³-hybridized carbons (Fsp3) is 0.344. The lowest BCUT2D eigenvalue weighted by molar-refractivity contribution is 0.0343. The Bertz CT molecular complexity index is 1520. The summed E-state index contributed by atoms with van der Waals surface area (Å²) in [4.78, 5) is 35.5. The number of aromatic nitrogens is 1. The first kappa shape index (κ1) is 29.5. The van der Waals surface area contributed by atoms with Crippen molar-refractivity contribution in [3.63, 3.8) is 0 Å². The summed E-state index contributed by atoms with van der Waals surface area (Å²) in [5.41, 5.74) is 2.63. The van der Waals surface area contributed by atoms with E-state index in [1.165, 1.54) is 11.3 Å². The molecular weight excluding hydrogens is 552 g/mol. The number of carbonyl (C=O) groups is 2. The minimum Gasteiger partial charge on any atom is -0.497 e. The number of aliphatic hydroxyl groups is 1.